The van der Waals surface area contributed by atoms with E-state index in [9.17, 15) is 0 Å². The van der Waals surface area contributed by atoms with E-state index in [0.717, 1.165) is 28.1 Å². The Kier molecular flexibility index (Phi) is 3.39. The minimum atomic E-state index is 0.675. The molecule has 0 atom stereocenters. The van der Waals surface area contributed by atoms with E-state index in [1.54, 1.807) is 17.7 Å². The van der Waals surface area contributed by atoms with Gasteiger partial charge in [-0.25, -0.2) is 9.97 Å². The summed E-state index contributed by atoms with van der Waals surface area (Å²) < 4.78 is 0. The smallest absolute Gasteiger partial charge is 0.142 e. The van der Waals surface area contributed by atoms with E-state index >= 15 is 0 Å². The molecule has 4 nitrogen and oxygen atoms in total. The summed E-state index contributed by atoms with van der Waals surface area (Å²) in [5, 5.41) is 6.40. The van der Waals surface area contributed by atoms with Crippen molar-refractivity contribution in [3.8, 4) is 0 Å². The minimum Gasteiger partial charge on any atom is -0.340 e. The Hall–Kier alpha value is -1.98. The van der Waals surface area contributed by atoms with Crippen molar-refractivity contribution < 1.29 is 0 Å². The Labute approximate surface area is 115 Å². The van der Waals surface area contributed by atoms with Crippen LogP contribution in [0.3, 0.4) is 0 Å². The lowest BCUT2D eigenvalue weighted by atomic mass is 10.1. The van der Waals surface area contributed by atoms with Crippen molar-refractivity contribution in [3.05, 3.63) is 47.6 Å². The van der Waals surface area contributed by atoms with Gasteiger partial charge in [0.05, 0.1) is 5.39 Å². The fourth-order valence-electron chi connectivity index (χ4n) is 1.95. The highest BCUT2D eigenvalue weighted by molar-refractivity contribution is 7.16. The van der Waals surface area contributed by atoms with E-state index in [0.29, 0.717) is 6.54 Å². The fraction of sp³-hybridized carbons (Fsp3) is 0.143. The lowest BCUT2D eigenvalue weighted by Crippen LogP contribution is -2.02. The van der Waals surface area contributed by atoms with Gasteiger partial charge in [0.25, 0.3) is 0 Å². The molecule has 3 rings (SSSR count). The average Bonchev–Trinajstić information content (AvgIpc) is 2.91. The number of nitrogens with zero attached hydrogens (tertiary/aromatic N) is 2. The Morgan fingerprint density at radius 3 is 2.74 bits per heavy atom. The van der Waals surface area contributed by atoms with Gasteiger partial charge in [-0.15, -0.1) is 11.3 Å². The largest absolute Gasteiger partial charge is 0.340 e. The van der Waals surface area contributed by atoms with Crippen LogP contribution < -0.4 is 11.1 Å². The van der Waals surface area contributed by atoms with Crippen LogP contribution in [0.4, 0.5) is 11.5 Å². The predicted octanol–water partition coefficient (Wildman–Crippen LogP) is 2.94. The molecular formula is C14H14N4S. The number of benzene rings is 1. The van der Waals surface area contributed by atoms with Crippen molar-refractivity contribution in [2.45, 2.75) is 6.42 Å². The van der Waals surface area contributed by atoms with Gasteiger partial charge in [0.15, 0.2) is 0 Å². The standard InChI is InChI=1S/C14H14N4S/c15-7-5-10-1-3-11(4-2-10)18-13-12-6-8-19-14(12)17-9-16-13/h1-4,6,8-9H,5,7,15H2,(H,16,17,18). The summed E-state index contributed by atoms with van der Waals surface area (Å²) in [5.74, 6) is 0.845. The van der Waals surface area contributed by atoms with Gasteiger partial charge in [0.1, 0.15) is 17.0 Å². The number of anilines is 2. The number of nitrogens with two attached hydrogens (primary N) is 1. The summed E-state index contributed by atoms with van der Waals surface area (Å²) in [7, 11) is 0. The fourth-order valence-corrected chi connectivity index (χ4v) is 2.68. The van der Waals surface area contributed by atoms with E-state index in [2.05, 4.69) is 27.4 Å². The van der Waals surface area contributed by atoms with Gasteiger partial charge in [-0.2, -0.15) is 0 Å². The third-order valence-corrected chi connectivity index (χ3v) is 3.73. The van der Waals surface area contributed by atoms with Gasteiger partial charge in [-0.1, -0.05) is 12.1 Å². The second-order valence-corrected chi connectivity index (χ2v) is 5.12. The van der Waals surface area contributed by atoms with E-state index in [1.807, 2.05) is 23.6 Å². The number of rotatable bonds is 4. The summed E-state index contributed by atoms with van der Waals surface area (Å²) in [6, 6.07) is 10.3. The van der Waals surface area contributed by atoms with Crippen molar-refractivity contribution in [1.82, 2.24) is 9.97 Å². The molecule has 0 fully saturated rings. The molecule has 19 heavy (non-hydrogen) atoms. The highest BCUT2D eigenvalue weighted by Crippen LogP contribution is 2.26. The summed E-state index contributed by atoms with van der Waals surface area (Å²) in [4.78, 5) is 9.53. The lowest BCUT2D eigenvalue weighted by molar-refractivity contribution is 0.969. The van der Waals surface area contributed by atoms with Gasteiger partial charge in [0, 0.05) is 5.69 Å². The topological polar surface area (TPSA) is 63.8 Å². The van der Waals surface area contributed by atoms with Crippen molar-refractivity contribution in [2.75, 3.05) is 11.9 Å². The van der Waals surface area contributed by atoms with Gasteiger partial charge in [-0.05, 0) is 42.1 Å². The Morgan fingerprint density at radius 1 is 1.11 bits per heavy atom. The zero-order valence-corrected chi connectivity index (χ0v) is 11.2. The summed E-state index contributed by atoms with van der Waals surface area (Å²) in [6.07, 6.45) is 2.49. The van der Waals surface area contributed by atoms with Crippen molar-refractivity contribution in [2.24, 2.45) is 5.73 Å². The van der Waals surface area contributed by atoms with Crippen LogP contribution in [-0.4, -0.2) is 16.5 Å². The quantitative estimate of drug-likeness (QED) is 0.765. The van der Waals surface area contributed by atoms with Gasteiger partial charge >= 0.3 is 0 Å². The second-order valence-electron chi connectivity index (χ2n) is 4.22. The molecule has 3 N–H and O–H groups in total. The van der Waals surface area contributed by atoms with Gasteiger partial charge in [0.2, 0.25) is 0 Å². The molecule has 0 saturated heterocycles. The normalized spacial score (nSPS) is 10.8. The number of hydrogen-bond donors (Lipinski definition) is 2. The monoisotopic (exact) mass is 270 g/mol. The molecule has 0 aliphatic rings. The molecule has 1 aromatic carbocycles. The van der Waals surface area contributed by atoms with Crippen LogP contribution in [0.1, 0.15) is 5.56 Å². The number of nitrogens with one attached hydrogen (secondary N) is 1. The number of thiophene rings is 1. The van der Waals surface area contributed by atoms with Crippen LogP contribution >= 0.6 is 11.3 Å². The Balaban J connectivity index is 1.86. The average molecular weight is 270 g/mol. The maximum atomic E-state index is 5.54. The van der Waals surface area contributed by atoms with E-state index < -0.39 is 0 Å². The summed E-state index contributed by atoms with van der Waals surface area (Å²) in [5.41, 5.74) is 7.81. The molecule has 5 heteroatoms. The molecule has 0 saturated carbocycles. The molecule has 0 aliphatic heterocycles. The zero-order valence-electron chi connectivity index (χ0n) is 10.3. The lowest BCUT2D eigenvalue weighted by Gasteiger charge is -2.07. The van der Waals surface area contributed by atoms with Crippen molar-refractivity contribution in [3.63, 3.8) is 0 Å². The van der Waals surface area contributed by atoms with Crippen LogP contribution in [0, 0.1) is 0 Å². The number of aromatic nitrogens is 2. The first kappa shape index (κ1) is 12.1. The molecule has 0 spiro atoms. The van der Waals surface area contributed by atoms with Gasteiger partial charge in [-0.3, -0.25) is 0 Å². The third-order valence-electron chi connectivity index (χ3n) is 2.91. The Morgan fingerprint density at radius 2 is 1.95 bits per heavy atom. The summed E-state index contributed by atoms with van der Waals surface area (Å²) >= 11 is 1.62. The first-order valence-corrected chi connectivity index (χ1v) is 6.99. The first-order valence-electron chi connectivity index (χ1n) is 6.11. The molecule has 3 aromatic rings. The molecule has 0 radical (unpaired) electrons. The van der Waals surface area contributed by atoms with Crippen LogP contribution in [0.25, 0.3) is 10.2 Å². The van der Waals surface area contributed by atoms with E-state index in [1.165, 1.54) is 5.56 Å². The highest BCUT2D eigenvalue weighted by Gasteiger charge is 2.04. The van der Waals surface area contributed by atoms with Crippen LogP contribution in [-0.2, 0) is 6.42 Å². The molecule has 2 heterocycles. The number of hydrogen-bond acceptors (Lipinski definition) is 5. The molecular weight excluding hydrogens is 256 g/mol. The molecule has 0 unspecified atom stereocenters. The van der Waals surface area contributed by atoms with E-state index in [4.69, 9.17) is 5.73 Å². The molecule has 2 aromatic heterocycles. The molecule has 0 aliphatic carbocycles. The number of fused-ring (bicyclic) bond motifs is 1. The highest BCUT2D eigenvalue weighted by atomic mass is 32.1. The first-order chi connectivity index (χ1) is 9.36. The Bertz CT molecular complexity index is 675. The molecule has 96 valence electrons. The van der Waals surface area contributed by atoms with Crippen LogP contribution in [0.2, 0.25) is 0 Å². The van der Waals surface area contributed by atoms with Gasteiger partial charge < -0.3 is 11.1 Å². The maximum absolute atomic E-state index is 5.54. The minimum absolute atomic E-state index is 0.675. The summed E-state index contributed by atoms with van der Waals surface area (Å²) in [6.45, 7) is 0.675. The van der Waals surface area contributed by atoms with Crippen LogP contribution in [0.5, 0.6) is 0 Å². The maximum Gasteiger partial charge on any atom is 0.142 e. The predicted molar refractivity (Wildman–Crippen MR) is 79.9 cm³/mol. The van der Waals surface area contributed by atoms with Crippen LogP contribution in [0.15, 0.2) is 42.0 Å². The molecule has 0 bridgehead atoms. The zero-order chi connectivity index (χ0) is 13.1. The van der Waals surface area contributed by atoms with Crippen molar-refractivity contribution in [1.29, 1.82) is 0 Å². The van der Waals surface area contributed by atoms with E-state index in [-0.39, 0.29) is 0 Å². The second kappa shape index (κ2) is 5.34. The SMILES string of the molecule is NCCc1ccc(Nc2ncnc3sccc23)cc1. The van der Waals surface area contributed by atoms with Crippen molar-refractivity contribution >= 4 is 33.1 Å². The third kappa shape index (κ3) is 2.57. The molecule has 0 amide bonds.